The third kappa shape index (κ3) is 3.83. The summed E-state index contributed by atoms with van der Waals surface area (Å²) >= 11 is 0. The van der Waals surface area contributed by atoms with E-state index in [0.717, 1.165) is 31.4 Å². The van der Waals surface area contributed by atoms with Gasteiger partial charge in [0.15, 0.2) is 0 Å². The fraction of sp³-hybridized carbons (Fsp3) is 0.529. The summed E-state index contributed by atoms with van der Waals surface area (Å²) in [7, 11) is 0. The van der Waals surface area contributed by atoms with Crippen LogP contribution in [0, 0.1) is 11.3 Å². The van der Waals surface area contributed by atoms with E-state index in [2.05, 4.69) is 16.7 Å². The van der Waals surface area contributed by atoms with Crippen molar-refractivity contribution in [3.05, 3.63) is 35.9 Å². The van der Waals surface area contributed by atoms with Crippen LogP contribution in [0.4, 0.5) is 0 Å². The molecule has 0 aromatic heterocycles. The Kier molecular flexibility index (Phi) is 5.35. The van der Waals surface area contributed by atoms with Crippen LogP contribution >= 0.6 is 0 Å². The molecule has 4 heteroatoms. The third-order valence-electron chi connectivity index (χ3n) is 4.09. The van der Waals surface area contributed by atoms with Crippen LogP contribution in [0.1, 0.15) is 38.2 Å². The van der Waals surface area contributed by atoms with Gasteiger partial charge in [-0.3, -0.25) is 4.79 Å². The summed E-state index contributed by atoms with van der Waals surface area (Å²) in [5, 5.41) is 15.7. The molecule has 0 spiro atoms. The molecule has 1 aromatic rings. The van der Waals surface area contributed by atoms with Crippen LogP contribution in [0.3, 0.4) is 0 Å². The lowest BCUT2D eigenvalue weighted by atomic mass is 9.62. The second kappa shape index (κ2) is 7.24. The quantitative estimate of drug-likeness (QED) is 0.806. The first-order chi connectivity index (χ1) is 10.2. The Balaban J connectivity index is 1.73. The average Bonchev–Trinajstić information content (AvgIpc) is 2.48. The highest BCUT2D eigenvalue weighted by molar-refractivity contribution is 5.76. The summed E-state index contributed by atoms with van der Waals surface area (Å²) in [6.45, 7) is 3.46. The van der Waals surface area contributed by atoms with Crippen molar-refractivity contribution >= 4 is 5.91 Å². The summed E-state index contributed by atoms with van der Waals surface area (Å²) in [5.74, 6) is 0.0956. The molecule has 1 amide bonds. The zero-order valence-corrected chi connectivity index (χ0v) is 12.6. The number of carbonyl (C=O) groups is 1. The molecule has 1 aliphatic rings. The molecule has 1 saturated carbocycles. The van der Waals surface area contributed by atoms with Gasteiger partial charge in [-0.05, 0) is 24.8 Å². The van der Waals surface area contributed by atoms with Crippen molar-refractivity contribution in [2.75, 3.05) is 13.1 Å². The Hall–Kier alpha value is -1.86. The van der Waals surface area contributed by atoms with Crippen LogP contribution in [0.15, 0.2) is 30.3 Å². The Labute approximate surface area is 126 Å². The van der Waals surface area contributed by atoms with Gasteiger partial charge in [0.1, 0.15) is 0 Å². The highest BCUT2D eigenvalue weighted by atomic mass is 16.1. The minimum atomic E-state index is -0.344. The van der Waals surface area contributed by atoms with Gasteiger partial charge in [-0.15, -0.1) is 0 Å². The molecular weight excluding hydrogens is 262 g/mol. The van der Waals surface area contributed by atoms with Crippen LogP contribution in [0.25, 0.3) is 0 Å². The largest absolute Gasteiger partial charge is 0.356 e. The van der Waals surface area contributed by atoms with Gasteiger partial charge in [0.05, 0.1) is 11.5 Å². The minimum absolute atomic E-state index is 0.0956. The molecule has 0 unspecified atom stereocenters. The van der Waals surface area contributed by atoms with Crippen LogP contribution in [0.2, 0.25) is 0 Å². The second-order valence-corrected chi connectivity index (χ2v) is 5.72. The van der Waals surface area contributed by atoms with E-state index < -0.39 is 0 Å². The van der Waals surface area contributed by atoms with Gasteiger partial charge in [-0.1, -0.05) is 37.3 Å². The molecule has 2 N–H and O–H groups in total. The Morgan fingerprint density at radius 3 is 2.67 bits per heavy atom. The van der Waals surface area contributed by atoms with Gasteiger partial charge in [-0.25, -0.2) is 0 Å². The number of hydrogen-bond donors (Lipinski definition) is 2. The lowest BCUT2D eigenvalue weighted by Gasteiger charge is -2.43. The lowest BCUT2D eigenvalue weighted by Crippen LogP contribution is -2.51. The van der Waals surface area contributed by atoms with Gasteiger partial charge >= 0.3 is 0 Å². The van der Waals surface area contributed by atoms with Crippen LogP contribution in [-0.4, -0.2) is 25.0 Å². The topological polar surface area (TPSA) is 64.9 Å². The second-order valence-electron chi connectivity index (χ2n) is 5.72. The van der Waals surface area contributed by atoms with Crippen LogP contribution < -0.4 is 10.6 Å². The fourth-order valence-electron chi connectivity index (χ4n) is 2.82. The zero-order chi connectivity index (χ0) is 15.1. The number of carbonyl (C=O) groups excluding carboxylic acids is 1. The number of nitrogens with zero attached hydrogens (tertiary/aromatic N) is 1. The van der Waals surface area contributed by atoms with E-state index in [-0.39, 0.29) is 11.3 Å². The van der Waals surface area contributed by atoms with Gasteiger partial charge < -0.3 is 10.6 Å². The smallest absolute Gasteiger partial charge is 0.221 e. The average molecular weight is 285 g/mol. The van der Waals surface area contributed by atoms with E-state index in [1.54, 1.807) is 0 Å². The van der Waals surface area contributed by atoms with E-state index in [1.807, 2.05) is 37.3 Å². The maximum atomic E-state index is 11.5. The summed E-state index contributed by atoms with van der Waals surface area (Å²) in [4.78, 5) is 11.5. The number of hydrogen-bond acceptors (Lipinski definition) is 3. The summed E-state index contributed by atoms with van der Waals surface area (Å²) in [6.07, 6.45) is 3.11. The monoisotopic (exact) mass is 285 g/mol. The highest BCUT2D eigenvalue weighted by Crippen LogP contribution is 2.43. The minimum Gasteiger partial charge on any atom is -0.356 e. The maximum absolute atomic E-state index is 11.5. The van der Waals surface area contributed by atoms with E-state index >= 15 is 0 Å². The number of nitrogens with one attached hydrogen (secondary N) is 2. The predicted molar refractivity (Wildman–Crippen MR) is 82.7 cm³/mol. The van der Waals surface area contributed by atoms with E-state index in [1.165, 1.54) is 0 Å². The van der Waals surface area contributed by atoms with Crippen molar-refractivity contribution in [1.82, 2.24) is 10.6 Å². The normalized spacial score (nSPS) is 23.9. The van der Waals surface area contributed by atoms with Gasteiger partial charge in [-0.2, -0.15) is 5.26 Å². The van der Waals surface area contributed by atoms with Crippen molar-refractivity contribution in [3.63, 3.8) is 0 Å². The number of benzene rings is 1. The maximum Gasteiger partial charge on any atom is 0.221 e. The SMILES string of the molecule is CCCNC(=O)CCNC1CC(C#N)(c2ccccc2)C1. The zero-order valence-electron chi connectivity index (χ0n) is 12.6. The van der Waals surface area contributed by atoms with Crippen LogP contribution in [0.5, 0.6) is 0 Å². The third-order valence-corrected chi connectivity index (χ3v) is 4.09. The highest BCUT2D eigenvalue weighted by Gasteiger charge is 2.45. The molecule has 1 fully saturated rings. The molecule has 1 aromatic carbocycles. The fourth-order valence-corrected chi connectivity index (χ4v) is 2.82. The molecule has 0 atom stereocenters. The molecule has 0 heterocycles. The lowest BCUT2D eigenvalue weighted by molar-refractivity contribution is -0.121. The van der Waals surface area contributed by atoms with Gasteiger partial charge in [0.25, 0.3) is 0 Å². The Bertz CT molecular complexity index is 501. The molecule has 1 aliphatic carbocycles. The first kappa shape index (κ1) is 15.5. The summed E-state index contributed by atoms with van der Waals surface area (Å²) in [5.41, 5.74) is 0.759. The van der Waals surface area contributed by atoms with Gasteiger partial charge in [0, 0.05) is 25.6 Å². The number of nitriles is 1. The molecule has 0 saturated heterocycles. The van der Waals surface area contributed by atoms with Crippen LogP contribution in [-0.2, 0) is 10.2 Å². The molecule has 21 heavy (non-hydrogen) atoms. The molecule has 0 bridgehead atoms. The van der Waals surface area contributed by atoms with Crippen molar-refractivity contribution in [3.8, 4) is 6.07 Å². The van der Waals surface area contributed by atoms with Crippen molar-refractivity contribution < 1.29 is 4.79 Å². The van der Waals surface area contributed by atoms with E-state index in [4.69, 9.17) is 0 Å². The van der Waals surface area contributed by atoms with E-state index in [0.29, 0.717) is 19.0 Å². The summed E-state index contributed by atoms with van der Waals surface area (Å²) < 4.78 is 0. The van der Waals surface area contributed by atoms with Crippen molar-refractivity contribution in [2.45, 2.75) is 44.1 Å². The number of rotatable bonds is 7. The Morgan fingerprint density at radius 1 is 1.33 bits per heavy atom. The standard InChI is InChI=1S/C17H23N3O/c1-2-9-20-16(21)8-10-19-15-11-17(12-15,13-18)14-6-4-3-5-7-14/h3-7,15,19H,2,8-12H2,1H3,(H,20,21). The molecule has 4 nitrogen and oxygen atoms in total. The predicted octanol–water partition coefficient (Wildman–Crippen LogP) is 2.12. The molecule has 0 aliphatic heterocycles. The molecule has 2 rings (SSSR count). The molecule has 112 valence electrons. The van der Waals surface area contributed by atoms with E-state index in [9.17, 15) is 10.1 Å². The molecular formula is C17H23N3O. The summed E-state index contributed by atoms with van der Waals surface area (Å²) in [6, 6.07) is 12.8. The first-order valence-corrected chi connectivity index (χ1v) is 7.67. The molecule has 0 radical (unpaired) electrons. The van der Waals surface area contributed by atoms with Gasteiger partial charge in [0.2, 0.25) is 5.91 Å². The van der Waals surface area contributed by atoms with Crippen molar-refractivity contribution in [2.24, 2.45) is 0 Å². The first-order valence-electron chi connectivity index (χ1n) is 7.67. The van der Waals surface area contributed by atoms with Crippen molar-refractivity contribution in [1.29, 1.82) is 5.26 Å². The Morgan fingerprint density at radius 2 is 2.05 bits per heavy atom. The number of amides is 1.